The number of fused-ring (bicyclic) bond motifs is 1. The van der Waals surface area contributed by atoms with Gasteiger partial charge in [-0.2, -0.15) is 4.98 Å². The summed E-state index contributed by atoms with van der Waals surface area (Å²) in [5, 5.41) is 3.69. The molecule has 0 atom stereocenters. The first-order valence-electron chi connectivity index (χ1n) is 8.22. The van der Waals surface area contributed by atoms with Gasteiger partial charge < -0.3 is 14.6 Å². The van der Waals surface area contributed by atoms with Gasteiger partial charge in [-0.05, 0) is 43.2 Å². The number of halogens is 1. The standard InChI is InChI=1S/C18H17ClN4O2/c19-12-4-5-16-15(11-12)22-18(25-16)23-9-6-13(7-10-23)21-17(24)14-3-1-2-8-20-14/h1-5,8,11,13H,6-7,9-10H2,(H,21,24). The van der Waals surface area contributed by atoms with E-state index in [0.717, 1.165) is 37.0 Å². The number of amides is 1. The SMILES string of the molecule is O=C(NC1CCN(c2nc3cc(Cl)ccc3o2)CC1)c1ccccn1. The molecule has 0 spiro atoms. The highest BCUT2D eigenvalue weighted by Crippen LogP contribution is 2.26. The molecule has 1 N–H and O–H groups in total. The minimum atomic E-state index is -0.129. The van der Waals surface area contributed by atoms with Crippen molar-refractivity contribution in [3.8, 4) is 0 Å². The molecule has 0 saturated carbocycles. The molecule has 0 aliphatic carbocycles. The number of pyridine rings is 1. The van der Waals surface area contributed by atoms with Crippen LogP contribution in [-0.4, -0.2) is 35.0 Å². The van der Waals surface area contributed by atoms with Gasteiger partial charge in [0.05, 0.1) is 0 Å². The van der Waals surface area contributed by atoms with Gasteiger partial charge in [0.1, 0.15) is 11.2 Å². The van der Waals surface area contributed by atoms with Gasteiger partial charge in [-0.15, -0.1) is 0 Å². The second kappa shape index (κ2) is 6.72. The summed E-state index contributed by atoms with van der Waals surface area (Å²) < 4.78 is 5.81. The predicted octanol–water partition coefficient (Wildman–Crippen LogP) is 3.28. The number of anilines is 1. The average Bonchev–Trinajstić information content (AvgIpc) is 3.06. The molecule has 128 valence electrons. The molecule has 0 unspecified atom stereocenters. The van der Waals surface area contributed by atoms with Gasteiger partial charge in [-0.25, -0.2) is 0 Å². The van der Waals surface area contributed by atoms with Gasteiger partial charge >= 0.3 is 0 Å². The van der Waals surface area contributed by atoms with Crippen LogP contribution in [0, 0.1) is 0 Å². The summed E-state index contributed by atoms with van der Waals surface area (Å²) in [5.41, 5.74) is 1.93. The molecule has 25 heavy (non-hydrogen) atoms. The van der Waals surface area contributed by atoms with E-state index in [-0.39, 0.29) is 11.9 Å². The number of benzene rings is 1. The molecule has 1 aliphatic heterocycles. The third kappa shape index (κ3) is 3.44. The summed E-state index contributed by atoms with van der Waals surface area (Å²) in [6.07, 6.45) is 3.28. The molecule has 1 amide bonds. The molecule has 1 saturated heterocycles. The fourth-order valence-corrected chi connectivity index (χ4v) is 3.16. The van der Waals surface area contributed by atoms with Crippen LogP contribution >= 0.6 is 11.6 Å². The molecule has 1 fully saturated rings. The number of piperidine rings is 1. The summed E-state index contributed by atoms with van der Waals surface area (Å²) in [6.45, 7) is 1.54. The Balaban J connectivity index is 1.38. The van der Waals surface area contributed by atoms with Crippen LogP contribution in [-0.2, 0) is 0 Å². The first kappa shape index (κ1) is 15.9. The van der Waals surface area contributed by atoms with Crippen molar-refractivity contribution in [2.75, 3.05) is 18.0 Å². The summed E-state index contributed by atoms with van der Waals surface area (Å²) >= 11 is 5.99. The molecular formula is C18H17ClN4O2. The van der Waals surface area contributed by atoms with Crippen molar-refractivity contribution in [2.24, 2.45) is 0 Å². The Bertz CT molecular complexity index is 888. The predicted molar refractivity (Wildman–Crippen MR) is 96.0 cm³/mol. The van der Waals surface area contributed by atoms with Crippen LogP contribution < -0.4 is 10.2 Å². The fraction of sp³-hybridized carbons (Fsp3) is 0.278. The van der Waals surface area contributed by atoms with E-state index in [1.54, 1.807) is 30.5 Å². The van der Waals surface area contributed by atoms with Crippen LogP contribution in [0.4, 0.5) is 6.01 Å². The first-order valence-corrected chi connectivity index (χ1v) is 8.60. The summed E-state index contributed by atoms with van der Waals surface area (Å²) in [6, 6.07) is 11.5. The molecule has 0 radical (unpaired) electrons. The Morgan fingerprint density at radius 2 is 2.08 bits per heavy atom. The van der Waals surface area contributed by atoms with Crippen molar-refractivity contribution in [3.05, 3.63) is 53.3 Å². The zero-order valence-electron chi connectivity index (χ0n) is 13.5. The summed E-state index contributed by atoms with van der Waals surface area (Å²) in [4.78, 5) is 22.9. The number of rotatable bonds is 3. The smallest absolute Gasteiger partial charge is 0.298 e. The van der Waals surface area contributed by atoms with Crippen LogP contribution in [0.3, 0.4) is 0 Å². The number of oxazole rings is 1. The van der Waals surface area contributed by atoms with Crippen LogP contribution in [0.1, 0.15) is 23.3 Å². The van der Waals surface area contributed by atoms with Gasteiger partial charge in [-0.1, -0.05) is 17.7 Å². The van der Waals surface area contributed by atoms with Crippen molar-refractivity contribution in [2.45, 2.75) is 18.9 Å². The maximum Gasteiger partial charge on any atom is 0.298 e. The molecule has 1 aromatic carbocycles. The highest BCUT2D eigenvalue weighted by molar-refractivity contribution is 6.31. The van der Waals surface area contributed by atoms with Gasteiger partial charge in [0.2, 0.25) is 0 Å². The van der Waals surface area contributed by atoms with Crippen LogP contribution in [0.2, 0.25) is 5.02 Å². The Kier molecular flexibility index (Phi) is 4.28. The number of carbonyl (C=O) groups excluding carboxylic acids is 1. The molecule has 2 aromatic heterocycles. The minimum Gasteiger partial charge on any atom is -0.423 e. The lowest BCUT2D eigenvalue weighted by Gasteiger charge is -2.31. The number of nitrogens with one attached hydrogen (secondary N) is 1. The zero-order chi connectivity index (χ0) is 17.2. The third-order valence-electron chi connectivity index (χ3n) is 4.34. The highest BCUT2D eigenvalue weighted by Gasteiger charge is 2.24. The molecule has 3 aromatic rings. The molecule has 0 bridgehead atoms. The maximum atomic E-state index is 12.2. The Morgan fingerprint density at radius 1 is 1.24 bits per heavy atom. The van der Waals surface area contributed by atoms with E-state index in [1.165, 1.54) is 0 Å². The molecule has 7 heteroatoms. The minimum absolute atomic E-state index is 0.129. The van der Waals surface area contributed by atoms with Gasteiger partial charge in [0.25, 0.3) is 11.9 Å². The van der Waals surface area contributed by atoms with Crippen molar-refractivity contribution >= 4 is 34.6 Å². The van der Waals surface area contributed by atoms with E-state index in [9.17, 15) is 4.79 Å². The van der Waals surface area contributed by atoms with Crippen molar-refractivity contribution in [1.29, 1.82) is 0 Å². The van der Waals surface area contributed by atoms with E-state index in [2.05, 4.69) is 20.2 Å². The molecule has 3 heterocycles. The maximum absolute atomic E-state index is 12.2. The third-order valence-corrected chi connectivity index (χ3v) is 4.57. The van der Waals surface area contributed by atoms with Gasteiger partial charge in [0, 0.05) is 30.4 Å². The topological polar surface area (TPSA) is 71.3 Å². The Labute approximate surface area is 149 Å². The van der Waals surface area contributed by atoms with Crippen molar-refractivity contribution in [3.63, 3.8) is 0 Å². The van der Waals surface area contributed by atoms with E-state index >= 15 is 0 Å². The quantitative estimate of drug-likeness (QED) is 0.779. The van der Waals surface area contributed by atoms with Gasteiger partial charge in [0.15, 0.2) is 5.58 Å². The monoisotopic (exact) mass is 356 g/mol. The summed E-state index contributed by atoms with van der Waals surface area (Å²) in [5.74, 6) is -0.129. The number of carbonyl (C=O) groups is 1. The Hall–Kier alpha value is -2.60. The molecule has 6 nitrogen and oxygen atoms in total. The summed E-state index contributed by atoms with van der Waals surface area (Å²) in [7, 11) is 0. The number of hydrogen-bond donors (Lipinski definition) is 1. The second-order valence-electron chi connectivity index (χ2n) is 6.06. The lowest BCUT2D eigenvalue weighted by atomic mass is 10.1. The number of aromatic nitrogens is 2. The van der Waals surface area contributed by atoms with Gasteiger partial charge in [-0.3, -0.25) is 9.78 Å². The van der Waals surface area contributed by atoms with Crippen molar-refractivity contribution in [1.82, 2.24) is 15.3 Å². The molecule has 4 rings (SSSR count). The molecule has 1 aliphatic rings. The second-order valence-corrected chi connectivity index (χ2v) is 6.49. The van der Waals surface area contributed by atoms with Crippen LogP contribution in [0.5, 0.6) is 0 Å². The first-order chi connectivity index (χ1) is 12.2. The van der Waals surface area contributed by atoms with E-state index in [4.69, 9.17) is 16.0 Å². The van der Waals surface area contributed by atoms with E-state index in [0.29, 0.717) is 16.7 Å². The average molecular weight is 357 g/mol. The van der Waals surface area contributed by atoms with E-state index < -0.39 is 0 Å². The number of nitrogens with zero attached hydrogens (tertiary/aromatic N) is 3. The zero-order valence-corrected chi connectivity index (χ0v) is 14.2. The van der Waals surface area contributed by atoms with Crippen LogP contribution in [0.15, 0.2) is 47.0 Å². The largest absolute Gasteiger partial charge is 0.423 e. The molecular weight excluding hydrogens is 340 g/mol. The lowest BCUT2D eigenvalue weighted by Crippen LogP contribution is -2.45. The van der Waals surface area contributed by atoms with E-state index in [1.807, 2.05) is 12.1 Å². The normalized spacial score (nSPS) is 15.5. The lowest BCUT2D eigenvalue weighted by molar-refractivity contribution is 0.0926. The van der Waals surface area contributed by atoms with Crippen LogP contribution in [0.25, 0.3) is 11.1 Å². The highest BCUT2D eigenvalue weighted by atomic mass is 35.5. The Morgan fingerprint density at radius 3 is 2.84 bits per heavy atom. The fourth-order valence-electron chi connectivity index (χ4n) is 3.00. The number of hydrogen-bond acceptors (Lipinski definition) is 5. The van der Waals surface area contributed by atoms with Crippen molar-refractivity contribution < 1.29 is 9.21 Å².